The van der Waals surface area contributed by atoms with Crippen molar-refractivity contribution in [1.82, 2.24) is 10.2 Å². The second-order valence-electron chi connectivity index (χ2n) is 7.49. The Balaban J connectivity index is 1.73. The van der Waals surface area contributed by atoms with E-state index in [4.69, 9.17) is 4.74 Å². The molecular formula is C18H23N3O4. The van der Waals surface area contributed by atoms with Gasteiger partial charge >= 0.3 is 6.09 Å². The Kier molecular flexibility index (Phi) is 4.41. The molecule has 25 heavy (non-hydrogen) atoms. The van der Waals surface area contributed by atoms with Crippen molar-refractivity contribution < 1.29 is 19.1 Å². The predicted octanol–water partition coefficient (Wildman–Crippen LogP) is 2.20. The van der Waals surface area contributed by atoms with Gasteiger partial charge in [0.25, 0.3) is 0 Å². The van der Waals surface area contributed by atoms with Gasteiger partial charge in [-0.1, -0.05) is 12.1 Å². The fraction of sp³-hybridized carbons (Fsp3) is 0.500. The van der Waals surface area contributed by atoms with Gasteiger partial charge < -0.3 is 10.1 Å². The van der Waals surface area contributed by atoms with Crippen molar-refractivity contribution in [2.75, 3.05) is 11.9 Å². The number of nitrogens with one attached hydrogen (secondary N) is 2. The van der Waals surface area contributed by atoms with Gasteiger partial charge in [-0.05, 0) is 44.9 Å². The van der Waals surface area contributed by atoms with E-state index in [2.05, 4.69) is 31.4 Å². The van der Waals surface area contributed by atoms with Crippen LogP contribution in [0.5, 0.6) is 0 Å². The van der Waals surface area contributed by atoms with Crippen molar-refractivity contribution in [3.05, 3.63) is 29.8 Å². The molecule has 2 aliphatic heterocycles. The molecule has 0 aromatic heterocycles. The van der Waals surface area contributed by atoms with Crippen LogP contribution in [0.1, 0.15) is 45.3 Å². The summed E-state index contributed by atoms with van der Waals surface area (Å²) in [5, 5.41) is 5.67. The van der Waals surface area contributed by atoms with Crippen LogP contribution in [-0.4, -0.2) is 40.9 Å². The summed E-state index contributed by atoms with van der Waals surface area (Å²) in [5.74, 6) is -0.733. The Labute approximate surface area is 146 Å². The van der Waals surface area contributed by atoms with E-state index in [0.29, 0.717) is 13.0 Å². The molecule has 3 amide bonds. The van der Waals surface area contributed by atoms with E-state index in [0.717, 1.165) is 11.3 Å². The van der Waals surface area contributed by atoms with Crippen LogP contribution in [0.25, 0.3) is 0 Å². The van der Waals surface area contributed by atoms with Crippen LogP contribution in [-0.2, 0) is 14.3 Å². The number of nitrogens with zero attached hydrogens (tertiary/aromatic N) is 1. The molecule has 2 atom stereocenters. The molecule has 134 valence electrons. The standard InChI is InChI=1S/C18H23N3O4/c1-18(2,3)20-12-6-4-5-11(9-12)14-10-21(17(24)25-14)13-7-8-15(22)19-16(13)23/h4-6,9,13-14,20H,7-8,10H2,1-3H3,(H,19,22,23). The molecule has 2 heterocycles. The van der Waals surface area contributed by atoms with Crippen molar-refractivity contribution >= 4 is 23.6 Å². The van der Waals surface area contributed by atoms with Crippen LogP contribution in [0.15, 0.2) is 24.3 Å². The molecule has 2 fully saturated rings. The van der Waals surface area contributed by atoms with Crippen LogP contribution in [0.4, 0.5) is 10.5 Å². The summed E-state index contributed by atoms with van der Waals surface area (Å²) < 4.78 is 5.47. The molecule has 0 spiro atoms. The van der Waals surface area contributed by atoms with Gasteiger partial charge in [-0.15, -0.1) is 0 Å². The molecule has 2 unspecified atom stereocenters. The van der Waals surface area contributed by atoms with E-state index in [1.807, 2.05) is 24.3 Å². The number of imide groups is 1. The highest BCUT2D eigenvalue weighted by Gasteiger charge is 2.41. The SMILES string of the molecule is CC(C)(C)Nc1cccc(C2CN(C3CCC(=O)NC3=O)C(=O)O2)c1. The molecule has 2 aliphatic rings. The third kappa shape index (κ3) is 3.92. The van der Waals surface area contributed by atoms with E-state index in [-0.39, 0.29) is 17.9 Å². The molecule has 0 radical (unpaired) electrons. The first kappa shape index (κ1) is 17.3. The van der Waals surface area contributed by atoms with Gasteiger partial charge in [0.1, 0.15) is 12.1 Å². The number of cyclic esters (lactones) is 1. The Bertz CT molecular complexity index is 711. The van der Waals surface area contributed by atoms with Crippen LogP contribution in [0.2, 0.25) is 0 Å². The minimum absolute atomic E-state index is 0.0796. The van der Waals surface area contributed by atoms with Crippen LogP contribution >= 0.6 is 0 Å². The number of carbonyl (C=O) groups excluding carboxylic acids is 3. The number of anilines is 1. The van der Waals surface area contributed by atoms with Crippen LogP contribution < -0.4 is 10.6 Å². The monoisotopic (exact) mass is 345 g/mol. The second kappa shape index (κ2) is 6.38. The summed E-state index contributed by atoms with van der Waals surface area (Å²) >= 11 is 0. The van der Waals surface area contributed by atoms with Crippen molar-refractivity contribution in [3.63, 3.8) is 0 Å². The van der Waals surface area contributed by atoms with Crippen molar-refractivity contribution in [2.24, 2.45) is 0 Å². The van der Waals surface area contributed by atoms with E-state index in [9.17, 15) is 14.4 Å². The van der Waals surface area contributed by atoms with E-state index in [1.54, 1.807) is 0 Å². The zero-order chi connectivity index (χ0) is 18.2. The first-order valence-electron chi connectivity index (χ1n) is 8.42. The number of ether oxygens (including phenoxy) is 1. The third-order valence-electron chi connectivity index (χ3n) is 4.20. The molecule has 7 nitrogen and oxygen atoms in total. The van der Waals surface area contributed by atoms with E-state index in [1.165, 1.54) is 4.90 Å². The molecule has 0 saturated carbocycles. The average molecular weight is 345 g/mol. The van der Waals surface area contributed by atoms with Gasteiger partial charge in [0, 0.05) is 17.6 Å². The highest BCUT2D eigenvalue weighted by Crippen LogP contribution is 2.31. The highest BCUT2D eigenvalue weighted by molar-refractivity contribution is 6.01. The summed E-state index contributed by atoms with van der Waals surface area (Å²) in [6, 6.07) is 7.08. The lowest BCUT2D eigenvalue weighted by Crippen LogP contribution is -2.52. The van der Waals surface area contributed by atoms with Gasteiger partial charge in [0.2, 0.25) is 11.8 Å². The average Bonchev–Trinajstić information content (AvgIpc) is 2.88. The van der Waals surface area contributed by atoms with Gasteiger partial charge in [-0.25, -0.2) is 4.79 Å². The number of hydrogen-bond acceptors (Lipinski definition) is 5. The lowest BCUT2D eigenvalue weighted by atomic mass is 10.0. The summed E-state index contributed by atoms with van der Waals surface area (Å²) in [4.78, 5) is 36.9. The minimum atomic E-state index is -0.647. The number of amides is 3. The fourth-order valence-corrected chi connectivity index (χ4v) is 3.14. The summed E-state index contributed by atoms with van der Waals surface area (Å²) in [5.41, 5.74) is 1.74. The quantitative estimate of drug-likeness (QED) is 0.820. The molecule has 3 rings (SSSR count). The maximum atomic E-state index is 12.2. The van der Waals surface area contributed by atoms with Gasteiger partial charge in [0.15, 0.2) is 0 Å². The van der Waals surface area contributed by atoms with Crippen molar-refractivity contribution in [3.8, 4) is 0 Å². The fourth-order valence-electron chi connectivity index (χ4n) is 3.14. The van der Waals surface area contributed by atoms with E-state index < -0.39 is 24.1 Å². The maximum Gasteiger partial charge on any atom is 0.411 e. The molecular weight excluding hydrogens is 322 g/mol. The molecule has 2 saturated heterocycles. The number of rotatable bonds is 3. The molecule has 0 aliphatic carbocycles. The van der Waals surface area contributed by atoms with Gasteiger partial charge in [-0.3, -0.25) is 19.8 Å². The van der Waals surface area contributed by atoms with Crippen molar-refractivity contribution in [1.29, 1.82) is 0 Å². The molecule has 7 heteroatoms. The smallest absolute Gasteiger partial charge is 0.411 e. The summed E-state index contributed by atoms with van der Waals surface area (Å²) in [6.45, 7) is 6.50. The van der Waals surface area contributed by atoms with Crippen molar-refractivity contribution in [2.45, 2.75) is 51.3 Å². The predicted molar refractivity (Wildman–Crippen MR) is 91.9 cm³/mol. The lowest BCUT2D eigenvalue weighted by Gasteiger charge is -2.27. The number of hydrogen-bond donors (Lipinski definition) is 2. The Hall–Kier alpha value is -2.57. The Morgan fingerprint density at radius 1 is 1.24 bits per heavy atom. The molecule has 1 aromatic rings. The topological polar surface area (TPSA) is 87.7 Å². The van der Waals surface area contributed by atoms with Gasteiger partial charge in [-0.2, -0.15) is 0 Å². The second-order valence-corrected chi connectivity index (χ2v) is 7.49. The molecule has 1 aromatic carbocycles. The zero-order valence-corrected chi connectivity index (χ0v) is 14.7. The number of benzene rings is 1. The van der Waals surface area contributed by atoms with Crippen LogP contribution in [0, 0.1) is 0 Å². The molecule has 2 N–H and O–H groups in total. The Morgan fingerprint density at radius 3 is 2.68 bits per heavy atom. The number of piperidine rings is 1. The van der Waals surface area contributed by atoms with Crippen LogP contribution in [0.3, 0.4) is 0 Å². The summed E-state index contributed by atoms with van der Waals surface area (Å²) in [7, 11) is 0. The molecule has 0 bridgehead atoms. The zero-order valence-electron chi connectivity index (χ0n) is 14.7. The summed E-state index contributed by atoms with van der Waals surface area (Å²) in [6.07, 6.45) is -0.387. The third-order valence-corrected chi connectivity index (χ3v) is 4.20. The largest absolute Gasteiger partial charge is 0.439 e. The van der Waals surface area contributed by atoms with E-state index >= 15 is 0 Å². The maximum absolute atomic E-state index is 12.2. The highest BCUT2D eigenvalue weighted by atomic mass is 16.6. The van der Waals surface area contributed by atoms with Gasteiger partial charge in [0.05, 0.1) is 6.54 Å². The Morgan fingerprint density at radius 2 is 2.00 bits per heavy atom. The first-order chi connectivity index (χ1) is 11.7. The lowest BCUT2D eigenvalue weighted by molar-refractivity contribution is -0.136. The first-order valence-corrected chi connectivity index (χ1v) is 8.42. The minimum Gasteiger partial charge on any atom is -0.439 e. The number of carbonyl (C=O) groups is 3. The normalized spacial score (nSPS) is 24.1.